The summed E-state index contributed by atoms with van der Waals surface area (Å²) in [6, 6.07) is 3.17. The lowest BCUT2D eigenvalue weighted by Crippen LogP contribution is -1.92. The molecule has 0 spiro atoms. The molecule has 0 saturated heterocycles. The Hall–Kier alpha value is -1.27. The highest BCUT2D eigenvalue weighted by Gasteiger charge is 2.16. The number of nitrogens with zero attached hydrogens (tertiary/aromatic N) is 1. The minimum atomic E-state index is -1.04. The predicted molar refractivity (Wildman–Crippen MR) is 66.8 cm³/mol. The summed E-state index contributed by atoms with van der Waals surface area (Å²) in [7, 11) is 0. The summed E-state index contributed by atoms with van der Waals surface area (Å²) in [5.74, 6) is -0.415. The van der Waals surface area contributed by atoms with Crippen molar-refractivity contribution in [2.75, 3.05) is 0 Å². The first-order valence-electron chi connectivity index (χ1n) is 4.98. The van der Waals surface area contributed by atoms with Gasteiger partial charge in [0.2, 0.25) is 5.76 Å². The fourth-order valence-corrected chi connectivity index (χ4v) is 3.34. The third-order valence-corrected chi connectivity index (χ3v) is 4.32. The molecule has 0 saturated carbocycles. The largest absolute Gasteiger partial charge is 0.475 e. The maximum atomic E-state index is 10.7. The maximum absolute atomic E-state index is 10.7. The quantitative estimate of drug-likeness (QED) is 0.859. The van der Waals surface area contributed by atoms with Crippen LogP contribution in [0, 0.1) is 6.92 Å². The first kappa shape index (κ1) is 12.2. The van der Waals surface area contributed by atoms with E-state index in [0.29, 0.717) is 5.76 Å². The van der Waals surface area contributed by atoms with E-state index in [4.69, 9.17) is 9.52 Å². The van der Waals surface area contributed by atoms with Crippen molar-refractivity contribution in [2.24, 2.45) is 0 Å². The van der Waals surface area contributed by atoms with Gasteiger partial charge in [0.25, 0.3) is 0 Å². The molecule has 0 aliphatic heterocycles. The maximum Gasteiger partial charge on any atom is 0.371 e. The van der Waals surface area contributed by atoms with Crippen LogP contribution in [0.15, 0.2) is 26.3 Å². The van der Waals surface area contributed by atoms with Crippen LogP contribution in [-0.4, -0.2) is 16.1 Å². The van der Waals surface area contributed by atoms with Gasteiger partial charge in [0.15, 0.2) is 4.34 Å². The summed E-state index contributed by atoms with van der Waals surface area (Å²) in [4.78, 5) is 15.0. The first-order chi connectivity index (χ1) is 8.06. The summed E-state index contributed by atoms with van der Waals surface area (Å²) < 4.78 is 6.20. The van der Waals surface area contributed by atoms with Crippen LogP contribution in [0.25, 0.3) is 0 Å². The van der Waals surface area contributed by atoms with E-state index < -0.39 is 5.97 Å². The molecule has 17 heavy (non-hydrogen) atoms. The summed E-state index contributed by atoms with van der Waals surface area (Å²) in [6.07, 6.45) is 0. The molecule has 1 atom stereocenters. The molecule has 2 aromatic rings. The number of thioether (sulfide) groups is 1. The molecule has 0 amide bonds. The molecule has 2 rings (SSSR count). The molecule has 0 aliphatic rings. The van der Waals surface area contributed by atoms with Gasteiger partial charge in [-0.3, -0.25) is 0 Å². The van der Waals surface area contributed by atoms with E-state index in [0.717, 1.165) is 10.0 Å². The Bertz CT molecular complexity index is 532. The van der Waals surface area contributed by atoms with Gasteiger partial charge in [-0.2, -0.15) is 0 Å². The van der Waals surface area contributed by atoms with E-state index in [1.54, 1.807) is 29.2 Å². The van der Waals surface area contributed by atoms with Gasteiger partial charge in [-0.15, -0.1) is 11.3 Å². The monoisotopic (exact) mass is 269 g/mol. The van der Waals surface area contributed by atoms with Crippen molar-refractivity contribution in [3.05, 3.63) is 34.7 Å². The lowest BCUT2D eigenvalue weighted by molar-refractivity contribution is 0.0660. The molecule has 1 unspecified atom stereocenters. The molecule has 2 aromatic heterocycles. The number of hydrogen-bond acceptors (Lipinski definition) is 5. The average molecular weight is 269 g/mol. The van der Waals surface area contributed by atoms with E-state index in [1.165, 1.54) is 6.07 Å². The number of aromatic nitrogens is 1. The van der Waals surface area contributed by atoms with Crippen molar-refractivity contribution in [1.82, 2.24) is 4.98 Å². The SMILES string of the molecule is Cc1csc(SC(C)c2ccc(C(=O)O)o2)n1. The van der Waals surface area contributed by atoms with Crippen molar-refractivity contribution in [3.63, 3.8) is 0 Å². The second kappa shape index (κ2) is 4.93. The van der Waals surface area contributed by atoms with Crippen LogP contribution in [0.5, 0.6) is 0 Å². The lowest BCUT2D eigenvalue weighted by atomic mass is 10.3. The fourth-order valence-electron chi connectivity index (χ4n) is 1.28. The van der Waals surface area contributed by atoms with Gasteiger partial charge >= 0.3 is 5.97 Å². The zero-order valence-corrected chi connectivity index (χ0v) is 11.0. The molecule has 2 heterocycles. The van der Waals surface area contributed by atoms with Gasteiger partial charge in [-0.1, -0.05) is 11.8 Å². The molecule has 0 aromatic carbocycles. The summed E-state index contributed by atoms with van der Waals surface area (Å²) in [5, 5.41) is 10.8. The number of furan rings is 1. The molecular formula is C11H11NO3S2. The van der Waals surface area contributed by atoms with Crippen molar-refractivity contribution >= 4 is 29.1 Å². The third-order valence-electron chi connectivity index (χ3n) is 2.11. The Kier molecular flexibility index (Phi) is 3.54. The minimum absolute atomic E-state index is 0.0252. The van der Waals surface area contributed by atoms with Crippen LogP contribution >= 0.6 is 23.1 Å². The van der Waals surface area contributed by atoms with E-state index in [-0.39, 0.29) is 11.0 Å². The number of thiazole rings is 1. The fraction of sp³-hybridized carbons (Fsp3) is 0.273. The molecule has 4 nitrogen and oxygen atoms in total. The minimum Gasteiger partial charge on any atom is -0.475 e. The van der Waals surface area contributed by atoms with Gasteiger partial charge in [0, 0.05) is 11.1 Å². The Morgan fingerprint density at radius 1 is 1.59 bits per heavy atom. The lowest BCUT2D eigenvalue weighted by Gasteiger charge is -2.04. The van der Waals surface area contributed by atoms with Gasteiger partial charge in [-0.05, 0) is 26.0 Å². The number of carboxylic acid groups (broad SMARTS) is 1. The average Bonchev–Trinajstić information content (AvgIpc) is 2.86. The Labute approximate surface area is 107 Å². The van der Waals surface area contributed by atoms with Gasteiger partial charge in [-0.25, -0.2) is 9.78 Å². The van der Waals surface area contributed by atoms with Gasteiger partial charge in [0.1, 0.15) is 5.76 Å². The second-order valence-electron chi connectivity index (χ2n) is 3.52. The summed E-state index contributed by atoms with van der Waals surface area (Å²) in [6.45, 7) is 3.91. The Morgan fingerprint density at radius 2 is 2.35 bits per heavy atom. The van der Waals surface area contributed by atoms with Crippen molar-refractivity contribution in [2.45, 2.75) is 23.4 Å². The molecule has 0 aliphatic carbocycles. The topological polar surface area (TPSA) is 63.3 Å². The normalized spacial score (nSPS) is 12.6. The smallest absolute Gasteiger partial charge is 0.371 e. The van der Waals surface area contributed by atoms with Crippen LogP contribution in [-0.2, 0) is 0 Å². The standard InChI is InChI=1S/C11H11NO3S2/c1-6-5-16-11(12-6)17-7(2)8-3-4-9(15-8)10(13)14/h3-5,7H,1-2H3,(H,13,14). The molecule has 1 N–H and O–H groups in total. The van der Waals surface area contributed by atoms with Crippen LogP contribution in [0.2, 0.25) is 0 Å². The molecule has 0 bridgehead atoms. The highest BCUT2D eigenvalue weighted by atomic mass is 32.2. The number of hydrogen-bond donors (Lipinski definition) is 1. The molecule has 0 radical (unpaired) electrons. The zero-order chi connectivity index (χ0) is 12.4. The highest BCUT2D eigenvalue weighted by molar-refractivity contribution is 8.01. The Morgan fingerprint density at radius 3 is 2.88 bits per heavy atom. The van der Waals surface area contributed by atoms with Crippen molar-refractivity contribution < 1.29 is 14.3 Å². The molecular weight excluding hydrogens is 258 g/mol. The van der Waals surface area contributed by atoms with E-state index in [1.807, 2.05) is 19.2 Å². The molecule has 90 valence electrons. The van der Waals surface area contributed by atoms with Crippen molar-refractivity contribution in [1.29, 1.82) is 0 Å². The number of carboxylic acids is 1. The van der Waals surface area contributed by atoms with Gasteiger partial charge in [0.05, 0.1) is 5.25 Å². The van der Waals surface area contributed by atoms with Crippen LogP contribution in [0.1, 0.15) is 34.2 Å². The van der Waals surface area contributed by atoms with Crippen LogP contribution in [0.4, 0.5) is 0 Å². The number of rotatable bonds is 4. The number of aryl methyl sites for hydroxylation is 1. The first-order valence-corrected chi connectivity index (χ1v) is 6.74. The second-order valence-corrected chi connectivity index (χ2v) is 5.97. The summed E-state index contributed by atoms with van der Waals surface area (Å²) in [5.41, 5.74) is 0.996. The van der Waals surface area contributed by atoms with E-state index in [2.05, 4.69) is 4.98 Å². The third kappa shape index (κ3) is 2.89. The van der Waals surface area contributed by atoms with Crippen LogP contribution < -0.4 is 0 Å². The van der Waals surface area contributed by atoms with Crippen LogP contribution in [0.3, 0.4) is 0 Å². The van der Waals surface area contributed by atoms with Crippen molar-refractivity contribution in [3.8, 4) is 0 Å². The van der Waals surface area contributed by atoms with E-state index in [9.17, 15) is 4.79 Å². The molecule has 6 heteroatoms. The highest BCUT2D eigenvalue weighted by Crippen LogP contribution is 2.36. The number of carbonyl (C=O) groups is 1. The molecule has 0 fully saturated rings. The van der Waals surface area contributed by atoms with Gasteiger partial charge < -0.3 is 9.52 Å². The van der Waals surface area contributed by atoms with E-state index >= 15 is 0 Å². The predicted octanol–water partition coefficient (Wildman–Crippen LogP) is 3.60. The summed E-state index contributed by atoms with van der Waals surface area (Å²) >= 11 is 3.14. The number of aromatic carboxylic acids is 1. The Balaban J connectivity index is 2.08. The zero-order valence-electron chi connectivity index (χ0n) is 9.34.